The summed E-state index contributed by atoms with van der Waals surface area (Å²) in [4.78, 5) is 0. The van der Waals surface area contributed by atoms with Gasteiger partial charge in [-0.2, -0.15) is 0 Å². The molecule has 15 heavy (non-hydrogen) atoms. The average molecular weight is 311 g/mol. The van der Waals surface area contributed by atoms with Crippen LogP contribution in [0.5, 0.6) is 0 Å². The largest absolute Gasteiger partial charge is 0.385 e. The third kappa shape index (κ3) is 2.62. The van der Waals surface area contributed by atoms with Crippen LogP contribution in [0.4, 0.5) is 5.69 Å². The maximum absolute atomic E-state index is 3.48. The van der Waals surface area contributed by atoms with Crippen LogP contribution in [-0.2, 0) is 0 Å². The molecule has 2 aromatic carbocycles. The summed E-state index contributed by atoms with van der Waals surface area (Å²) in [5.41, 5.74) is 1.25. The van der Waals surface area contributed by atoms with Crippen LogP contribution in [0.3, 0.4) is 0 Å². The van der Waals surface area contributed by atoms with E-state index in [9.17, 15) is 0 Å². The lowest BCUT2D eigenvalue weighted by Gasteiger charge is -2.08. The van der Waals surface area contributed by atoms with Crippen molar-refractivity contribution in [1.29, 1.82) is 0 Å². The highest BCUT2D eigenvalue weighted by Gasteiger charge is 1.97. The summed E-state index contributed by atoms with van der Waals surface area (Å²) in [6.07, 6.45) is 1.21. The van der Waals surface area contributed by atoms with E-state index >= 15 is 0 Å². The number of alkyl halides is 1. The SMILES string of the molecule is ICCCNc1cccc2ccccc12. The van der Waals surface area contributed by atoms with E-state index in [0.29, 0.717) is 0 Å². The van der Waals surface area contributed by atoms with E-state index in [0.717, 1.165) is 6.54 Å². The average Bonchev–Trinajstić information content (AvgIpc) is 2.30. The Morgan fingerprint density at radius 1 is 1.00 bits per heavy atom. The highest BCUT2D eigenvalue weighted by molar-refractivity contribution is 14.1. The zero-order valence-corrected chi connectivity index (χ0v) is 10.7. The molecule has 0 amide bonds. The summed E-state index contributed by atoms with van der Waals surface area (Å²) < 4.78 is 1.20. The van der Waals surface area contributed by atoms with Gasteiger partial charge in [0.15, 0.2) is 0 Å². The molecule has 1 N–H and O–H groups in total. The minimum absolute atomic E-state index is 1.05. The van der Waals surface area contributed by atoms with E-state index in [1.54, 1.807) is 0 Å². The maximum atomic E-state index is 3.48. The topological polar surface area (TPSA) is 12.0 Å². The van der Waals surface area contributed by atoms with Crippen LogP contribution in [0.1, 0.15) is 6.42 Å². The first-order valence-electron chi connectivity index (χ1n) is 5.19. The molecule has 78 valence electrons. The molecule has 2 heteroatoms. The van der Waals surface area contributed by atoms with Gasteiger partial charge in [-0.3, -0.25) is 0 Å². The van der Waals surface area contributed by atoms with Crippen molar-refractivity contribution in [3.8, 4) is 0 Å². The van der Waals surface area contributed by atoms with E-state index in [2.05, 4.69) is 70.4 Å². The number of anilines is 1. The van der Waals surface area contributed by atoms with Gasteiger partial charge in [-0.25, -0.2) is 0 Å². The molecule has 0 heterocycles. The number of rotatable bonds is 4. The van der Waals surface area contributed by atoms with Crippen LogP contribution in [-0.4, -0.2) is 11.0 Å². The summed E-state index contributed by atoms with van der Waals surface area (Å²) in [6.45, 7) is 1.05. The summed E-state index contributed by atoms with van der Waals surface area (Å²) in [5.74, 6) is 0. The predicted octanol–water partition coefficient (Wildman–Crippen LogP) is 4.08. The van der Waals surface area contributed by atoms with Crippen LogP contribution in [0.25, 0.3) is 10.8 Å². The van der Waals surface area contributed by atoms with Crippen LogP contribution >= 0.6 is 22.6 Å². The molecule has 0 aliphatic carbocycles. The van der Waals surface area contributed by atoms with Crippen molar-refractivity contribution >= 4 is 39.1 Å². The molecule has 0 saturated carbocycles. The number of hydrogen-bond acceptors (Lipinski definition) is 1. The highest BCUT2D eigenvalue weighted by atomic mass is 127. The molecule has 1 nitrogen and oxygen atoms in total. The monoisotopic (exact) mass is 311 g/mol. The summed E-state index contributed by atoms with van der Waals surface area (Å²) in [7, 11) is 0. The number of fused-ring (bicyclic) bond motifs is 1. The molecule has 2 aromatic rings. The maximum Gasteiger partial charge on any atom is 0.0419 e. The van der Waals surface area contributed by atoms with Crippen molar-refractivity contribution in [2.45, 2.75) is 6.42 Å². The lowest BCUT2D eigenvalue weighted by atomic mass is 10.1. The third-order valence-electron chi connectivity index (χ3n) is 2.42. The third-order valence-corrected chi connectivity index (χ3v) is 3.18. The first-order valence-corrected chi connectivity index (χ1v) is 6.72. The Labute approximate surface area is 104 Å². The van der Waals surface area contributed by atoms with Crippen LogP contribution < -0.4 is 5.32 Å². The second-order valence-corrected chi connectivity index (χ2v) is 4.57. The molecular formula is C13H14IN. The van der Waals surface area contributed by atoms with Gasteiger partial charge in [0.1, 0.15) is 0 Å². The summed E-state index contributed by atoms with van der Waals surface area (Å²) in [5, 5.41) is 6.10. The molecule has 2 rings (SSSR count). The minimum atomic E-state index is 1.05. The Morgan fingerprint density at radius 2 is 1.80 bits per heavy atom. The Balaban J connectivity index is 2.26. The fraction of sp³-hybridized carbons (Fsp3) is 0.231. The van der Waals surface area contributed by atoms with E-state index in [1.165, 1.54) is 27.3 Å². The van der Waals surface area contributed by atoms with Gasteiger partial charge in [0.05, 0.1) is 0 Å². The molecule has 0 radical (unpaired) electrons. The summed E-state index contributed by atoms with van der Waals surface area (Å²) in [6, 6.07) is 14.9. The van der Waals surface area contributed by atoms with Crippen molar-refractivity contribution in [2.75, 3.05) is 16.3 Å². The molecular weight excluding hydrogens is 297 g/mol. The molecule has 0 unspecified atom stereocenters. The molecule has 0 aliphatic heterocycles. The Morgan fingerprint density at radius 3 is 2.67 bits per heavy atom. The van der Waals surface area contributed by atoms with Crippen molar-refractivity contribution < 1.29 is 0 Å². The van der Waals surface area contributed by atoms with E-state index in [-0.39, 0.29) is 0 Å². The Hall–Kier alpha value is -0.770. The van der Waals surface area contributed by atoms with E-state index < -0.39 is 0 Å². The summed E-state index contributed by atoms with van der Waals surface area (Å²) >= 11 is 2.41. The van der Waals surface area contributed by atoms with Crippen LogP contribution in [0, 0.1) is 0 Å². The van der Waals surface area contributed by atoms with Gasteiger partial charge < -0.3 is 5.32 Å². The van der Waals surface area contributed by atoms with Gasteiger partial charge in [-0.15, -0.1) is 0 Å². The second-order valence-electron chi connectivity index (χ2n) is 3.50. The van der Waals surface area contributed by atoms with Crippen molar-refractivity contribution in [2.24, 2.45) is 0 Å². The standard InChI is InChI=1S/C13H14IN/c14-9-4-10-15-13-8-3-6-11-5-1-2-7-12(11)13/h1-3,5-8,15H,4,9-10H2. The number of hydrogen-bond donors (Lipinski definition) is 1. The predicted molar refractivity (Wildman–Crippen MR) is 75.9 cm³/mol. The van der Waals surface area contributed by atoms with Gasteiger partial charge in [-0.05, 0) is 17.9 Å². The van der Waals surface area contributed by atoms with E-state index in [4.69, 9.17) is 0 Å². The minimum Gasteiger partial charge on any atom is -0.385 e. The fourth-order valence-electron chi connectivity index (χ4n) is 1.67. The van der Waals surface area contributed by atoms with Crippen molar-refractivity contribution in [3.63, 3.8) is 0 Å². The molecule has 0 saturated heterocycles. The van der Waals surface area contributed by atoms with Crippen LogP contribution in [0.15, 0.2) is 42.5 Å². The number of benzene rings is 2. The molecule has 0 aromatic heterocycles. The van der Waals surface area contributed by atoms with Crippen LogP contribution in [0.2, 0.25) is 0 Å². The quantitative estimate of drug-likeness (QED) is 0.510. The zero-order valence-electron chi connectivity index (χ0n) is 8.54. The molecule has 0 bridgehead atoms. The Bertz CT molecular complexity index is 434. The lowest BCUT2D eigenvalue weighted by molar-refractivity contribution is 1.01. The lowest BCUT2D eigenvalue weighted by Crippen LogP contribution is -2.01. The highest BCUT2D eigenvalue weighted by Crippen LogP contribution is 2.22. The first kappa shape index (κ1) is 10.7. The van der Waals surface area contributed by atoms with Gasteiger partial charge >= 0.3 is 0 Å². The molecule has 0 aliphatic rings. The second kappa shape index (κ2) is 5.35. The Kier molecular flexibility index (Phi) is 3.83. The normalized spacial score (nSPS) is 10.5. The van der Waals surface area contributed by atoms with E-state index in [1.807, 2.05) is 0 Å². The molecule has 0 fully saturated rings. The zero-order chi connectivity index (χ0) is 10.5. The van der Waals surface area contributed by atoms with Gasteiger partial charge in [0.2, 0.25) is 0 Å². The number of halogens is 1. The van der Waals surface area contributed by atoms with Gasteiger partial charge in [0.25, 0.3) is 0 Å². The fourth-order valence-corrected chi connectivity index (χ4v) is 2.05. The molecule has 0 atom stereocenters. The van der Waals surface area contributed by atoms with Gasteiger partial charge in [-0.1, -0.05) is 59.0 Å². The van der Waals surface area contributed by atoms with Gasteiger partial charge in [0, 0.05) is 22.0 Å². The van der Waals surface area contributed by atoms with Crippen molar-refractivity contribution in [1.82, 2.24) is 0 Å². The van der Waals surface area contributed by atoms with Crippen molar-refractivity contribution in [3.05, 3.63) is 42.5 Å². The first-order chi connectivity index (χ1) is 7.42. The number of nitrogens with one attached hydrogen (secondary N) is 1. The smallest absolute Gasteiger partial charge is 0.0419 e. The molecule has 0 spiro atoms.